The van der Waals surface area contributed by atoms with Crippen molar-refractivity contribution >= 4 is 171 Å². The second-order valence-electron chi connectivity index (χ2n) is 5.29. The maximum absolute atomic E-state index is 2.19. The summed E-state index contributed by atoms with van der Waals surface area (Å²) in [4.78, 5) is 0. The highest BCUT2D eigenvalue weighted by Gasteiger charge is 2.23. The lowest BCUT2D eigenvalue weighted by molar-refractivity contribution is 2.10. The monoisotopic (exact) mass is 652 g/mol. The molecule has 0 fully saturated rings. The second kappa shape index (κ2) is 10.7. The highest BCUT2D eigenvalue weighted by molar-refractivity contribution is 8.46. The van der Waals surface area contributed by atoms with E-state index < -0.39 is 0 Å². The van der Waals surface area contributed by atoms with E-state index in [-0.39, 0.29) is 0 Å². The third-order valence-corrected chi connectivity index (χ3v) is 23.8. The summed E-state index contributed by atoms with van der Waals surface area (Å²) in [5.74, 6) is 0. The average Bonchev–Trinajstić information content (AvgIpc) is 3.53. The Morgan fingerprint density at radius 3 is 0.833 bits per heavy atom. The van der Waals surface area contributed by atoms with Crippen LogP contribution in [0.1, 0.15) is 0 Å². The van der Waals surface area contributed by atoms with Crippen molar-refractivity contribution in [3.05, 3.63) is 40.0 Å². The van der Waals surface area contributed by atoms with Crippen molar-refractivity contribution in [3.8, 4) is 0 Å². The van der Waals surface area contributed by atoms with Crippen LogP contribution in [0, 0.1) is 15.4 Å². The van der Waals surface area contributed by atoms with E-state index in [0.29, 0.717) is 0 Å². The molecule has 0 aromatic carbocycles. The molecule has 0 aromatic rings. The largest absolute Gasteiger partial charge is 0.121 e. The minimum Gasteiger partial charge on any atom is -0.121 e. The van der Waals surface area contributed by atoms with Gasteiger partial charge in [-0.15, -0.1) is 115 Å². The summed E-state index contributed by atoms with van der Waals surface area (Å²) < 4.78 is 17.6. The molecule has 0 saturated heterocycles. The number of thioether (sulfide) groups is 8. The zero-order valence-corrected chi connectivity index (χ0v) is 27.1. The smallest absolute Gasteiger partial charge is 0.110 e. The van der Waals surface area contributed by atoms with Gasteiger partial charge in [0.2, 0.25) is 0 Å². The highest BCUT2D eigenvalue weighted by atomic mass is 32.3. The molecule has 5 heterocycles. The zero-order chi connectivity index (χ0) is 20.8. The summed E-state index contributed by atoms with van der Waals surface area (Å²) in [7, 11) is 0. The first-order valence-electron chi connectivity index (χ1n) is 8.03. The normalized spacial score (nSPS) is 17.6. The lowest BCUT2D eigenvalue weighted by atomic mass is 11.2. The van der Waals surface area contributed by atoms with E-state index in [1.807, 2.05) is 162 Å². The predicted octanol–water partition coefficient (Wildman–Crippen LogP) is 9.43. The van der Waals surface area contributed by atoms with Crippen LogP contribution in [0.2, 0.25) is 0 Å². The van der Waals surface area contributed by atoms with Crippen LogP contribution in [0.15, 0.2) is 16.9 Å². The highest BCUT2D eigenvalue weighted by Crippen LogP contribution is 2.58. The minimum absolute atomic E-state index is 1.46. The van der Waals surface area contributed by atoms with Crippen molar-refractivity contribution < 1.29 is 0 Å². The van der Waals surface area contributed by atoms with Gasteiger partial charge in [0, 0.05) is 0 Å². The van der Waals surface area contributed by atoms with Gasteiger partial charge in [0.15, 0.2) is 0 Å². The molecule has 0 radical (unpaired) electrons. The van der Waals surface area contributed by atoms with Crippen molar-refractivity contribution in [2.75, 3.05) is 25.0 Å². The van der Waals surface area contributed by atoms with Gasteiger partial charge >= 0.3 is 0 Å². The fraction of sp³-hybridized carbons (Fsp3) is 0.250. The average molecular weight is 653 g/mol. The molecule has 160 valence electrons. The van der Waals surface area contributed by atoms with Gasteiger partial charge in [-0.1, -0.05) is 47.0 Å². The first-order chi connectivity index (χ1) is 14.6. The molecule has 14 heteroatoms. The Morgan fingerprint density at radius 2 is 0.600 bits per heavy atom. The number of hydrogen-bond donors (Lipinski definition) is 0. The van der Waals surface area contributed by atoms with Crippen LogP contribution in [-0.4, -0.2) is 25.0 Å². The van der Waals surface area contributed by atoms with Gasteiger partial charge in [-0.3, -0.25) is 0 Å². The SMILES string of the molecule is CSC1=C(SC)SC(=c2sc3sc4sc(=C5SC(SC)=C(SC)S5)sc=4sc=3s2)S1. The van der Waals surface area contributed by atoms with Gasteiger partial charge in [0.1, 0.15) is 23.1 Å². The van der Waals surface area contributed by atoms with Crippen LogP contribution < -0.4 is 7.69 Å². The van der Waals surface area contributed by atoms with Crippen LogP contribution in [-0.2, 0) is 0 Å². The van der Waals surface area contributed by atoms with Gasteiger partial charge in [0.05, 0.1) is 25.4 Å². The molecule has 0 aromatic heterocycles. The van der Waals surface area contributed by atoms with Crippen molar-refractivity contribution in [2.24, 2.45) is 0 Å². The molecule has 5 aliphatic heterocycles. The standard InChI is InChI=1S/C16H12S14/c1-17-5-6(18-2)22-9(21-5)11-25-13-14(26-11)30-16-15(29-13)27-12(28-16)10-23-7(19-3)8(20-4)24-10/h1-4H3. The summed E-state index contributed by atoms with van der Waals surface area (Å²) in [5.41, 5.74) is 0. The van der Waals surface area contributed by atoms with E-state index in [9.17, 15) is 0 Å². The molecular formula is C16H12S14. The summed E-state index contributed by atoms with van der Waals surface area (Å²) in [6.45, 7) is 0. The predicted molar refractivity (Wildman–Crippen MR) is 166 cm³/mol. The number of rotatable bonds is 4. The fourth-order valence-electron chi connectivity index (χ4n) is 2.34. The maximum atomic E-state index is 2.19. The van der Waals surface area contributed by atoms with Crippen molar-refractivity contribution in [3.63, 3.8) is 0 Å². The molecule has 30 heavy (non-hydrogen) atoms. The topological polar surface area (TPSA) is 0 Å². The van der Waals surface area contributed by atoms with Gasteiger partial charge in [0.25, 0.3) is 0 Å². The Bertz CT molecular complexity index is 1230. The Kier molecular flexibility index (Phi) is 8.63. The van der Waals surface area contributed by atoms with Crippen LogP contribution in [0.4, 0.5) is 0 Å². The van der Waals surface area contributed by atoms with Gasteiger partial charge in [-0.25, -0.2) is 0 Å². The van der Waals surface area contributed by atoms with Crippen LogP contribution in [0.25, 0.3) is 8.47 Å². The first-order valence-corrected chi connectivity index (χ1v) is 21.1. The molecule has 0 nitrogen and oxygen atoms in total. The molecule has 5 aliphatic rings. The third-order valence-electron chi connectivity index (χ3n) is 3.60. The summed E-state index contributed by atoms with van der Waals surface area (Å²) in [6, 6.07) is 0. The van der Waals surface area contributed by atoms with Gasteiger partial charge < -0.3 is 0 Å². The zero-order valence-electron chi connectivity index (χ0n) is 15.7. The minimum atomic E-state index is 1.46. The second-order valence-corrected chi connectivity index (χ2v) is 21.9. The molecule has 0 unspecified atom stereocenters. The van der Waals surface area contributed by atoms with Crippen molar-refractivity contribution in [1.82, 2.24) is 0 Å². The lowest BCUT2D eigenvalue weighted by Gasteiger charge is -1.94. The van der Waals surface area contributed by atoms with E-state index in [1.54, 1.807) is 0 Å². The molecule has 0 spiro atoms. The molecule has 5 rings (SSSR count). The Labute approximate surface area is 232 Å². The van der Waals surface area contributed by atoms with Crippen LogP contribution in [0.3, 0.4) is 0 Å². The number of hydrogen-bond acceptors (Lipinski definition) is 14. The van der Waals surface area contributed by atoms with Crippen molar-refractivity contribution in [2.45, 2.75) is 0 Å². The van der Waals surface area contributed by atoms with Crippen LogP contribution in [0.5, 0.6) is 0 Å². The quantitative estimate of drug-likeness (QED) is 0.270. The Morgan fingerprint density at radius 1 is 0.367 bits per heavy atom. The van der Waals surface area contributed by atoms with Crippen LogP contribution >= 0.6 is 162 Å². The maximum Gasteiger partial charge on any atom is 0.110 e. The molecule has 0 bridgehead atoms. The fourth-order valence-corrected chi connectivity index (χ4v) is 22.6. The van der Waals surface area contributed by atoms with E-state index in [2.05, 4.69) is 25.0 Å². The summed E-state index contributed by atoms with van der Waals surface area (Å²) in [5, 5.41) is 0. The summed E-state index contributed by atoms with van der Waals surface area (Å²) in [6.07, 6.45) is 8.75. The molecular weight excluding hydrogens is 641 g/mol. The Balaban J connectivity index is 1.55. The lowest BCUT2D eigenvalue weighted by Crippen LogP contribution is -1.86. The van der Waals surface area contributed by atoms with E-state index in [1.165, 1.54) is 48.5 Å². The van der Waals surface area contributed by atoms with E-state index in [0.717, 1.165) is 0 Å². The summed E-state index contributed by atoms with van der Waals surface area (Å²) >= 11 is 27.3. The van der Waals surface area contributed by atoms with Gasteiger partial charge in [-0.05, 0) is 25.0 Å². The molecule has 0 aliphatic carbocycles. The van der Waals surface area contributed by atoms with E-state index >= 15 is 0 Å². The molecule has 0 amide bonds. The molecule has 0 N–H and O–H groups in total. The first kappa shape index (κ1) is 24.3. The van der Waals surface area contributed by atoms with Crippen molar-refractivity contribution in [1.29, 1.82) is 0 Å². The van der Waals surface area contributed by atoms with E-state index in [4.69, 9.17) is 0 Å². The third kappa shape index (κ3) is 4.80. The molecule has 0 atom stereocenters. The molecule has 0 saturated carbocycles. The Hall–Kier alpha value is 2.56. The van der Waals surface area contributed by atoms with Gasteiger partial charge in [-0.2, -0.15) is 0 Å².